The first kappa shape index (κ1) is 16.9. The fraction of sp³-hybridized carbons (Fsp3) is 0.188. The van der Waals surface area contributed by atoms with Crippen molar-refractivity contribution in [3.63, 3.8) is 0 Å². The van der Waals surface area contributed by atoms with E-state index in [-0.39, 0.29) is 10.7 Å². The molecule has 0 radical (unpaired) electrons. The summed E-state index contributed by atoms with van der Waals surface area (Å²) in [7, 11) is -3.77. The Morgan fingerprint density at radius 3 is 2.12 bits per heavy atom. The molecule has 2 aromatic heterocycles. The summed E-state index contributed by atoms with van der Waals surface area (Å²) >= 11 is 0. The third-order valence-corrected chi connectivity index (χ3v) is 5.17. The first-order chi connectivity index (χ1) is 11.8. The van der Waals surface area contributed by atoms with Crippen molar-refractivity contribution in [2.45, 2.75) is 25.7 Å². The molecule has 3 N–H and O–H groups in total. The first-order valence-electron chi connectivity index (χ1n) is 7.57. The lowest BCUT2D eigenvalue weighted by Gasteiger charge is -2.08. The maximum atomic E-state index is 12.5. The van der Waals surface area contributed by atoms with Crippen LogP contribution in [0.15, 0.2) is 41.3 Å². The molecule has 8 nitrogen and oxygen atoms in total. The number of hydrogen-bond donors (Lipinski definition) is 3. The highest BCUT2D eigenvalue weighted by Gasteiger charge is 2.22. The van der Waals surface area contributed by atoms with Crippen molar-refractivity contribution in [1.82, 2.24) is 20.4 Å². The van der Waals surface area contributed by atoms with Gasteiger partial charge in [-0.1, -0.05) is 17.7 Å². The van der Waals surface area contributed by atoms with Gasteiger partial charge in [-0.25, -0.2) is 8.42 Å². The van der Waals surface area contributed by atoms with E-state index in [0.29, 0.717) is 17.2 Å². The molecule has 0 bridgehead atoms. The maximum absolute atomic E-state index is 12.5. The minimum absolute atomic E-state index is 0.121. The van der Waals surface area contributed by atoms with Crippen molar-refractivity contribution in [2.24, 2.45) is 0 Å². The summed E-state index contributed by atoms with van der Waals surface area (Å²) in [6, 6.07) is 11.0. The van der Waals surface area contributed by atoms with E-state index in [4.69, 9.17) is 0 Å². The quantitative estimate of drug-likeness (QED) is 0.646. The van der Waals surface area contributed by atoms with Gasteiger partial charge in [0, 0.05) is 5.69 Å². The van der Waals surface area contributed by atoms with Gasteiger partial charge in [-0.3, -0.25) is 9.82 Å². The molecule has 25 heavy (non-hydrogen) atoms. The highest BCUT2D eigenvalue weighted by molar-refractivity contribution is 7.92. The van der Waals surface area contributed by atoms with Gasteiger partial charge >= 0.3 is 0 Å². The van der Waals surface area contributed by atoms with Gasteiger partial charge in [0.2, 0.25) is 0 Å². The Bertz CT molecular complexity index is 959. The summed E-state index contributed by atoms with van der Waals surface area (Å²) in [6.45, 7) is 5.28. The molecule has 0 aliphatic carbocycles. The fourth-order valence-corrected chi connectivity index (χ4v) is 3.73. The number of aromatic amines is 1. The second-order valence-corrected chi connectivity index (χ2v) is 7.28. The number of anilines is 3. The Labute approximate surface area is 145 Å². The largest absolute Gasteiger partial charge is 0.339 e. The fourth-order valence-electron chi connectivity index (χ4n) is 2.36. The average Bonchev–Trinajstić information content (AvgIpc) is 2.91. The molecule has 0 fully saturated rings. The lowest BCUT2D eigenvalue weighted by atomic mass is 10.2. The van der Waals surface area contributed by atoms with Crippen LogP contribution in [0.5, 0.6) is 0 Å². The van der Waals surface area contributed by atoms with Crippen LogP contribution in [0.1, 0.15) is 17.0 Å². The van der Waals surface area contributed by atoms with Crippen molar-refractivity contribution < 1.29 is 8.42 Å². The zero-order chi connectivity index (χ0) is 18.0. The number of aryl methyl sites for hydroxylation is 3. The highest BCUT2D eigenvalue weighted by Crippen LogP contribution is 2.20. The monoisotopic (exact) mass is 358 g/mol. The third-order valence-electron chi connectivity index (χ3n) is 3.56. The van der Waals surface area contributed by atoms with Crippen LogP contribution in [0.3, 0.4) is 0 Å². The molecule has 3 aromatic rings. The summed E-state index contributed by atoms with van der Waals surface area (Å²) in [5.74, 6) is 0.650. The molecule has 0 saturated carbocycles. The normalized spacial score (nSPS) is 11.3. The second-order valence-electron chi connectivity index (χ2n) is 5.66. The predicted octanol–water partition coefficient (Wildman–Crippen LogP) is 2.67. The predicted molar refractivity (Wildman–Crippen MR) is 95.4 cm³/mol. The minimum atomic E-state index is -3.77. The van der Waals surface area contributed by atoms with Crippen LogP contribution in [-0.4, -0.2) is 28.8 Å². The zero-order valence-corrected chi connectivity index (χ0v) is 14.8. The molecule has 1 aromatic carbocycles. The van der Waals surface area contributed by atoms with Crippen LogP contribution in [0.25, 0.3) is 0 Å². The molecule has 130 valence electrons. The van der Waals surface area contributed by atoms with Crippen LogP contribution in [0.2, 0.25) is 0 Å². The number of nitrogens with zero attached hydrogens (tertiary/aromatic N) is 3. The number of benzene rings is 1. The Balaban J connectivity index is 1.75. The number of rotatable bonds is 5. The molecule has 0 aliphatic heterocycles. The molecule has 3 rings (SSSR count). The number of aromatic nitrogens is 4. The molecule has 0 spiro atoms. The molecule has 0 atom stereocenters. The summed E-state index contributed by atoms with van der Waals surface area (Å²) in [6.07, 6.45) is 0. The standard InChI is InChI=1S/C16H18N6O2S/c1-10-4-6-13(7-5-10)17-14-8-9-15(21-20-14)22-25(23,24)16-11(2)18-19-12(16)3/h4-9H,1-3H3,(H,17,20)(H,18,19)(H,21,22). The van der Waals surface area contributed by atoms with Crippen LogP contribution in [-0.2, 0) is 10.0 Å². The molecule has 0 aliphatic rings. The van der Waals surface area contributed by atoms with E-state index >= 15 is 0 Å². The van der Waals surface area contributed by atoms with E-state index in [1.165, 1.54) is 0 Å². The second kappa shape index (κ2) is 6.52. The lowest BCUT2D eigenvalue weighted by molar-refractivity contribution is 0.600. The number of nitrogens with one attached hydrogen (secondary N) is 3. The Hall–Kier alpha value is -2.94. The molecule has 0 amide bonds. The van der Waals surface area contributed by atoms with Gasteiger partial charge in [0.25, 0.3) is 10.0 Å². The van der Waals surface area contributed by atoms with E-state index in [1.54, 1.807) is 26.0 Å². The summed E-state index contributed by atoms with van der Waals surface area (Å²) in [5, 5.41) is 17.6. The van der Waals surface area contributed by atoms with Gasteiger partial charge in [-0.05, 0) is 45.0 Å². The Morgan fingerprint density at radius 2 is 1.56 bits per heavy atom. The minimum Gasteiger partial charge on any atom is -0.339 e. The van der Waals surface area contributed by atoms with E-state index < -0.39 is 10.0 Å². The molecule has 0 unspecified atom stereocenters. The number of hydrogen-bond acceptors (Lipinski definition) is 6. The van der Waals surface area contributed by atoms with Crippen LogP contribution < -0.4 is 10.0 Å². The van der Waals surface area contributed by atoms with Gasteiger partial charge in [0.15, 0.2) is 11.6 Å². The van der Waals surface area contributed by atoms with Crippen LogP contribution >= 0.6 is 0 Å². The SMILES string of the molecule is Cc1ccc(Nc2ccc(NS(=O)(=O)c3c(C)n[nH]c3C)nn2)cc1. The van der Waals surface area contributed by atoms with Crippen molar-refractivity contribution in [1.29, 1.82) is 0 Å². The van der Waals surface area contributed by atoms with Gasteiger partial charge in [-0.15, -0.1) is 10.2 Å². The van der Waals surface area contributed by atoms with Crippen molar-refractivity contribution in [2.75, 3.05) is 10.0 Å². The maximum Gasteiger partial charge on any atom is 0.266 e. The first-order valence-corrected chi connectivity index (χ1v) is 9.05. The Kier molecular flexibility index (Phi) is 4.41. The molecule has 2 heterocycles. The van der Waals surface area contributed by atoms with Gasteiger partial charge in [-0.2, -0.15) is 5.10 Å². The van der Waals surface area contributed by atoms with E-state index in [0.717, 1.165) is 11.3 Å². The van der Waals surface area contributed by atoms with Gasteiger partial charge in [0.1, 0.15) is 4.90 Å². The van der Waals surface area contributed by atoms with Gasteiger partial charge < -0.3 is 5.32 Å². The van der Waals surface area contributed by atoms with E-state index in [1.807, 2.05) is 31.2 Å². The van der Waals surface area contributed by atoms with Crippen LogP contribution in [0, 0.1) is 20.8 Å². The van der Waals surface area contributed by atoms with Crippen molar-refractivity contribution in [3.8, 4) is 0 Å². The van der Waals surface area contributed by atoms with Gasteiger partial charge in [0.05, 0.1) is 11.4 Å². The highest BCUT2D eigenvalue weighted by atomic mass is 32.2. The van der Waals surface area contributed by atoms with Crippen LogP contribution in [0.4, 0.5) is 17.3 Å². The topological polar surface area (TPSA) is 113 Å². The number of sulfonamides is 1. The summed E-state index contributed by atoms with van der Waals surface area (Å²) in [4.78, 5) is 0.121. The molecular formula is C16H18N6O2S. The van der Waals surface area contributed by atoms with E-state index in [9.17, 15) is 8.42 Å². The smallest absolute Gasteiger partial charge is 0.266 e. The summed E-state index contributed by atoms with van der Waals surface area (Å²) < 4.78 is 27.3. The zero-order valence-electron chi connectivity index (χ0n) is 14.0. The third kappa shape index (κ3) is 3.77. The van der Waals surface area contributed by atoms with Crippen molar-refractivity contribution in [3.05, 3.63) is 53.3 Å². The van der Waals surface area contributed by atoms with Crippen molar-refractivity contribution >= 4 is 27.3 Å². The molecule has 9 heteroatoms. The lowest BCUT2D eigenvalue weighted by Crippen LogP contribution is -2.16. The summed E-state index contributed by atoms with van der Waals surface area (Å²) in [5.41, 5.74) is 2.90. The van der Waals surface area contributed by atoms with E-state index in [2.05, 4.69) is 30.4 Å². The molecule has 0 saturated heterocycles. The Morgan fingerprint density at radius 1 is 0.920 bits per heavy atom. The number of H-pyrrole nitrogens is 1. The average molecular weight is 358 g/mol. The molecular weight excluding hydrogens is 340 g/mol.